The predicted octanol–water partition coefficient (Wildman–Crippen LogP) is 4.35. The minimum Gasteiger partial charge on any atom is -0.370 e. The minimum atomic E-state index is 0.317. The van der Waals surface area contributed by atoms with Gasteiger partial charge >= 0.3 is 0 Å². The van der Waals surface area contributed by atoms with E-state index >= 15 is 0 Å². The van der Waals surface area contributed by atoms with Gasteiger partial charge in [-0.15, -0.1) is 0 Å². The van der Waals surface area contributed by atoms with Gasteiger partial charge in [0.2, 0.25) is 5.95 Å². The highest BCUT2D eigenvalue weighted by Crippen LogP contribution is 2.22. The first-order chi connectivity index (χ1) is 13.6. The fourth-order valence-electron chi connectivity index (χ4n) is 3.38. The Morgan fingerprint density at radius 3 is 2.64 bits per heavy atom. The van der Waals surface area contributed by atoms with Crippen LogP contribution in [0, 0.1) is 6.92 Å². The summed E-state index contributed by atoms with van der Waals surface area (Å²) >= 11 is 0. The number of guanidine groups is 1. The Morgan fingerprint density at radius 1 is 1.18 bits per heavy atom. The lowest BCUT2D eigenvalue weighted by molar-refractivity contribution is 0.658. The molecule has 1 heterocycles. The van der Waals surface area contributed by atoms with Gasteiger partial charge in [-0.2, -0.15) is 0 Å². The zero-order valence-corrected chi connectivity index (χ0v) is 16.4. The lowest BCUT2D eigenvalue weighted by Crippen LogP contribution is -2.25. The van der Waals surface area contributed by atoms with Gasteiger partial charge in [0, 0.05) is 11.4 Å². The molecule has 0 aliphatic heterocycles. The van der Waals surface area contributed by atoms with E-state index < -0.39 is 0 Å². The van der Waals surface area contributed by atoms with E-state index in [0.717, 1.165) is 40.9 Å². The summed E-state index contributed by atoms with van der Waals surface area (Å²) in [6.07, 6.45) is 9.97. The Kier molecular flexibility index (Phi) is 6.37. The first-order valence-corrected chi connectivity index (χ1v) is 9.58. The number of fused-ring (bicyclic) bond motifs is 1. The molecule has 5 heteroatoms. The van der Waals surface area contributed by atoms with E-state index in [9.17, 15) is 0 Å². The number of anilines is 1. The smallest absolute Gasteiger partial charge is 0.229 e. The molecule has 1 aromatic carbocycles. The van der Waals surface area contributed by atoms with Crippen molar-refractivity contribution in [2.75, 3.05) is 5.32 Å². The fraction of sp³-hybridized carbons (Fsp3) is 0.261. The van der Waals surface area contributed by atoms with Crippen LogP contribution in [0.2, 0.25) is 0 Å². The number of aromatic nitrogens is 2. The minimum absolute atomic E-state index is 0.317. The Bertz CT molecular complexity index is 923. The van der Waals surface area contributed by atoms with Gasteiger partial charge in [-0.1, -0.05) is 55.7 Å². The monoisotopic (exact) mass is 373 g/mol. The average molecular weight is 374 g/mol. The summed E-state index contributed by atoms with van der Waals surface area (Å²) in [5.74, 6) is 0.845. The number of aryl methyl sites for hydroxylation is 2. The van der Waals surface area contributed by atoms with E-state index in [1.165, 1.54) is 18.4 Å². The zero-order valence-electron chi connectivity index (χ0n) is 16.4. The normalized spacial score (nSPS) is 14.3. The molecule has 0 radical (unpaired) electrons. The molecule has 0 amide bonds. The molecule has 3 N–H and O–H groups in total. The van der Waals surface area contributed by atoms with Crippen molar-refractivity contribution in [1.82, 2.24) is 9.97 Å². The summed E-state index contributed by atoms with van der Waals surface area (Å²) in [6, 6.07) is 8.15. The maximum Gasteiger partial charge on any atom is 0.229 e. The van der Waals surface area contributed by atoms with Crippen LogP contribution in [-0.2, 0) is 19.4 Å². The largest absolute Gasteiger partial charge is 0.370 e. The molecule has 0 atom stereocenters. The topological polar surface area (TPSA) is 76.2 Å². The van der Waals surface area contributed by atoms with E-state index in [1.54, 1.807) is 6.08 Å². The van der Waals surface area contributed by atoms with Crippen molar-refractivity contribution in [3.8, 4) is 0 Å². The number of aliphatic imine (C=N–C) groups is 1. The van der Waals surface area contributed by atoms with Gasteiger partial charge in [0.05, 0.1) is 6.54 Å². The van der Waals surface area contributed by atoms with Crippen molar-refractivity contribution in [2.24, 2.45) is 10.7 Å². The molecule has 28 heavy (non-hydrogen) atoms. The van der Waals surface area contributed by atoms with Crippen molar-refractivity contribution in [3.05, 3.63) is 83.7 Å². The molecule has 144 valence electrons. The highest BCUT2D eigenvalue weighted by Gasteiger charge is 2.15. The van der Waals surface area contributed by atoms with Gasteiger partial charge in [0.1, 0.15) is 0 Å². The average Bonchev–Trinajstić information content (AvgIpc) is 2.71. The first-order valence-electron chi connectivity index (χ1n) is 9.58. The van der Waals surface area contributed by atoms with Gasteiger partial charge < -0.3 is 5.73 Å². The van der Waals surface area contributed by atoms with Crippen molar-refractivity contribution in [3.63, 3.8) is 0 Å². The fourth-order valence-corrected chi connectivity index (χ4v) is 3.38. The van der Waals surface area contributed by atoms with Crippen LogP contribution >= 0.6 is 0 Å². The summed E-state index contributed by atoms with van der Waals surface area (Å²) < 4.78 is 0. The van der Waals surface area contributed by atoms with Gasteiger partial charge in [-0.05, 0) is 54.9 Å². The Balaban J connectivity index is 1.66. The quantitative estimate of drug-likeness (QED) is 0.448. The molecule has 0 saturated carbocycles. The number of nitrogens with one attached hydrogen (secondary N) is 1. The SMILES string of the molecule is C=C/C=C(\C=C)c1ccc(CN=C(N)Nc2nc(C)c3c(n2)CCCC3)cc1. The summed E-state index contributed by atoms with van der Waals surface area (Å²) in [6.45, 7) is 10.1. The molecule has 1 aliphatic rings. The predicted molar refractivity (Wildman–Crippen MR) is 117 cm³/mol. The number of nitrogens with zero attached hydrogens (tertiary/aromatic N) is 3. The molecule has 2 aromatic rings. The molecular weight excluding hydrogens is 346 g/mol. The Morgan fingerprint density at radius 2 is 1.93 bits per heavy atom. The van der Waals surface area contributed by atoms with Crippen LogP contribution in [0.15, 0.2) is 60.6 Å². The van der Waals surface area contributed by atoms with Gasteiger partial charge in [0.25, 0.3) is 0 Å². The van der Waals surface area contributed by atoms with E-state index in [0.29, 0.717) is 18.5 Å². The Hall–Kier alpha value is -3.21. The maximum atomic E-state index is 6.04. The third-order valence-corrected chi connectivity index (χ3v) is 4.87. The molecule has 0 bridgehead atoms. The van der Waals surface area contributed by atoms with E-state index in [4.69, 9.17) is 5.73 Å². The third-order valence-electron chi connectivity index (χ3n) is 4.87. The molecule has 0 spiro atoms. The standard InChI is InChI=1S/C23H27N5/c1-4-8-18(5-2)19-13-11-17(12-14-19)15-25-22(24)28-23-26-16(3)20-9-6-7-10-21(20)27-23/h4-5,8,11-14H,1-2,6-7,9-10,15H2,3H3,(H3,24,25,26,27,28)/b18-8+. The third kappa shape index (κ3) is 4.74. The van der Waals surface area contributed by atoms with Crippen LogP contribution in [0.1, 0.15) is 40.9 Å². The second-order valence-corrected chi connectivity index (χ2v) is 6.85. The molecule has 0 fully saturated rings. The summed E-state index contributed by atoms with van der Waals surface area (Å²) in [5.41, 5.74) is 12.7. The van der Waals surface area contributed by atoms with E-state index in [1.807, 2.05) is 43.3 Å². The molecule has 5 nitrogen and oxygen atoms in total. The van der Waals surface area contributed by atoms with Crippen LogP contribution in [0.3, 0.4) is 0 Å². The lowest BCUT2D eigenvalue weighted by atomic mass is 9.95. The highest BCUT2D eigenvalue weighted by atomic mass is 15.2. The second kappa shape index (κ2) is 9.13. The molecule has 1 aromatic heterocycles. The van der Waals surface area contributed by atoms with Crippen molar-refractivity contribution in [2.45, 2.75) is 39.2 Å². The van der Waals surface area contributed by atoms with E-state index in [-0.39, 0.29) is 0 Å². The number of nitrogens with two attached hydrogens (primary N) is 1. The Labute approximate surface area is 166 Å². The number of benzene rings is 1. The van der Waals surface area contributed by atoms with Crippen molar-refractivity contribution < 1.29 is 0 Å². The lowest BCUT2D eigenvalue weighted by Gasteiger charge is -2.17. The molecule has 0 unspecified atom stereocenters. The van der Waals surface area contributed by atoms with E-state index in [2.05, 4.69) is 33.4 Å². The number of hydrogen-bond donors (Lipinski definition) is 2. The van der Waals surface area contributed by atoms with Crippen LogP contribution in [0.25, 0.3) is 5.57 Å². The number of allylic oxidation sites excluding steroid dienone is 4. The number of rotatable bonds is 6. The van der Waals surface area contributed by atoms with Crippen molar-refractivity contribution >= 4 is 17.5 Å². The summed E-state index contributed by atoms with van der Waals surface area (Å²) in [5, 5.41) is 3.03. The van der Waals surface area contributed by atoms with Gasteiger partial charge in [-0.25, -0.2) is 15.0 Å². The number of hydrogen-bond acceptors (Lipinski definition) is 3. The van der Waals surface area contributed by atoms with Crippen LogP contribution in [-0.4, -0.2) is 15.9 Å². The highest BCUT2D eigenvalue weighted by molar-refractivity contribution is 5.90. The van der Waals surface area contributed by atoms with Crippen LogP contribution < -0.4 is 11.1 Å². The van der Waals surface area contributed by atoms with Crippen molar-refractivity contribution in [1.29, 1.82) is 0 Å². The van der Waals surface area contributed by atoms with Crippen LogP contribution in [0.5, 0.6) is 0 Å². The van der Waals surface area contributed by atoms with Gasteiger partial charge in [-0.3, -0.25) is 5.32 Å². The van der Waals surface area contributed by atoms with Gasteiger partial charge in [0.15, 0.2) is 5.96 Å². The molecule has 3 rings (SSSR count). The van der Waals surface area contributed by atoms with Crippen LogP contribution in [0.4, 0.5) is 5.95 Å². The molecule has 0 saturated heterocycles. The molecule has 1 aliphatic carbocycles. The second-order valence-electron chi connectivity index (χ2n) is 6.85. The summed E-state index contributed by atoms with van der Waals surface area (Å²) in [4.78, 5) is 13.6. The zero-order chi connectivity index (χ0) is 19.9. The summed E-state index contributed by atoms with van der Waals surface area (Å²) in [7, 11) is 0. The molecular formula is C23H27N5. The first kappa shape index (κ1) is 19.5. The maximum absolute atomic E-state index is 6.04.